The van der Waals surface area contributed by atoms with Crippen LogP contribution in [0.25, 0.3) is 10.9 Å². The number of aryl methyl sites for hydroxylation is 1. The zero-order valence-electron chi connectivity index (χ0n) is 17.6. The van der Waals surface area contributed by atoms with Crippen molar-refractivity contribution < 1.29 is 9.90 Å². The van der Waals surface area contributed by atoms with Crippen molar-refractivity contribution in [1.82, 2.24) is 24.8 Å². The molecule has 9 heteroatoms. The van der Waals surface area contributed by atoms with Crippen LogP contribution in [0, 0.1) is 6.92 Å². The molecule has 4 rings (SSSR count). The first-order chi connectivity index (χ1) is 15.5. The SMILES string of the molecule is Cc1cnc(NCCc2ccccc2O)c(=O)n1CC(=O)NCc1cc2cc[nH]c2cn1. The number of carbonyl (C=O) groups is 1. The molecule has 0 aliphatic rings. The Labute approximate surface area is 184 Å². The summed E-state index contributed by atoms with van der Waals surface area (Å²) < 4.78 is 1.38. The van der Waals surface area contributed by atoms with Gasteiger partial charge in [0.05, 0.1) is 24.0 Å². The van der Waals surface area contributed by atoms with Crippen molar-refractivity contribution >= 4 is 22.6 Å². The van der Waals surface area contributed by atoms with Crippen LogP contribution in [0.2, 0.25) is 0 Å². The van der Waals surface area contributed by atoms with Gasteiger partial charge in [-0.25, -0.2) is 4.98 Å². The fourth-order valence-electron chi connectivity index (χ4n) is 3.41. The van der Waals surface area contributed by atoms with Crippen molar-refractivity contribution in [2.75, 3.05) is 11.9 Å². The van der Waals surface area contributed by atoms with E-state index in [4.69, 9.17) is 0 Å². The molecule has 4 aromatic rings. The van der Waals surface area contributed by atoms with Crippen molar-refractivity contribution in [3.8, 4) is 5.75 Å². The highest BCUT2D eigenvalue weighted by atomic mass is 16.3. The summed E-state index contributed by atoms with van der Waals surface area (Å²) in [7, 11) is 0. The number of rotatable bonds is 8. The number of phenols is 1. The van der Waals surface area contributed by atoms with Gasteiger partial charge in [-0.15, -0.1) is 0 Å². The number of nitrogens with zero attached hydrogens (tertiary/aromatic N) is 3. The minimum Gasteiger partial charge on any atom is -0.508 e. The van der Waals surface area contributed by atoms with E-state index >= 15 is 0 Å². The van der Waals surface area contributed by atoms with Gasteiger partial charge in [-0.1, -0.05) is 18.2 Å². The Balaban J connectivity index is 1.37. The number of pyridine rings is 1. The summed E-state index contributed by atoms with van der Waals surface area (Å²) in [6, 6.07) is 10.9. The average molecular weight is 432 g/mol. The molecule has 0 spiro atoms. The van der Waals surface area contributed by atoms with Gasteiger partial charge in [0.15, 0.2) is 5.82 Å². The molecule has 3 aromatic heterocycles. The summed E-state index contributed by atoms with van der Waals surface area (Å²) in [5.41, 5.74) is 2.66. The van der Waals surface area contributed by atoms with Crippen LogP contribution in [-0.2, 0) is 24.3 Å². The van der Waals surface area contributed by atoms with E-state index in [9.17, 15) is 14.7 Å². The van der Waals surface area contributed by atoms with E-state index < -0.39 is 0 Å². The Morgan fingerprint density at radius 2 is 2.03 bits per heavy atom. The molecular formula is C23H24N6O3. The number of phenolic OH excluding ortho intramolecular Hbond substituents is 1. The van der Waals surface area contributed by atoms with Gasteiger partial charge in [0.1, 0.15) is 12.3 Å². The van der Waals surface area contributed by atoms with Gasteiger partial charge in [-0.05, 0) is 37.1 Å². The van der Waals surface area contributed by atoms with Gasteiger partial charge < -0.3 is 20.7 Å². The summed E-state index contributed by atoms with van der Waals surface area (Å²) in [5, 5.41) is 16.7. The van der Waals surface area contributed by atoms with Gasteiger partial charge >= 0.3 is 0 Å². The molecule has 1 amide bonds. The first-order valence-electron chi connectivity index (χ1n) is 10.3. The standard InChI is InChI=1S/C23H24N6O3/c1-15-11-28-22(25-9-6-16-4-2-3-5-20(16)30)23(32)29(15)14-21(31)27-12-18-10-17-7-8-24-19(17)13-26-18/h2-5,7-8,10-11,13,24,30H,6,9,12,14H2,1H3,(H,25,28)(H,27,31). The van der Waals surface area contributed by atoms with Gasteiger partial charge in [0.2, 0.25) is 5.91 Å². The third kappa shape index (κ3) is 4.77. The lowest BCUT2D eigenvalue weighted by Crippen LogP contribution is -2.34. The molecule has 0 aliphatic heterocycles. The Kier molecular flexibility index (Phi) is 6.16. The number of hydrogen-bond acceptors (Lipinski definition) is 6. The molecule has 0 bridgehead atoms. The lowest BCUT2D eigenvalue weighted by Gasteiger charge is -2.13. The van der Waals surface area contributed by atoms with Gasteiger partial charge in [0.25, 0.3) is 5.56 Å². The number of amides is 1. The molecule has 0 atom stereocenters. The van der Waals surface area contributed by atoms with E-state index in [2.05, 4.69) is 25.6 Å². The fraction of sp³-hybridized carbons (Fsp3) is 0.217. The van der Waals surface area contributed by atoms with Crippen LogP contribution in [0.3, 0.4) is 0 Å². The first-order valence-corrected chi connectivity index (χ1v) is 10.3. The van der Waals surface area contributed by atoms with E-state index in [0.29, 0.717) is 18.7 Å². The lowest BCUT2D eigenvalue weighted by molar-refractivity contribution is -0.121. The normalized spacial score (nSPS) is 10.9. The zero-order valence-corrected chi connectivity index (χ0v) is 17.6. The number of nitrogens with one attached hydrogen (secondary N) is 3. The predicted molar refractivity (Wildman–Crippen MR) is 121 cm³/mol. The van der Waals surface area contributed by atoms with Crippen LogP contribution in [0.5, 0.6) is 5.75 Å². The van der Waals surface area contributed by atoms with Gasteiger partial charge in [0, 0.05) is 30.0 Å². The third-order valence-electron chi connectivity index (χ3n) is 5.20. The zero-order chi connectivity index (χ0) is 22.5. The second-order valence-electron chi connectivity index (χ2n) is 7.46. The van der Waals surface area contributed by atoms with E-state index in [1.54, 1.807) is 31.5 Å². The number of H-pyrrole nitrogens is 1. The average Bonchev–Trinajstić information content (AvgIpc) is 3.26. The van der Waals surface area contributed by atoms with Crippen molar-refractivity contribution in [2.45, 2.75) is 26.4 Å². The molecular weight excluding hydrogens is 408 g/mol. The highest BCUT2D eigenvalue weighted by molar-refractivity contribution is 5.79. The maximum Gasteiger partial charge on any atom is 0.293 e. The van der Waals surface area contributed by atoms with Crippen molar-refractivity contribution in [3.05, 3.63) is 82.3 Å². The number of hydrogen-bond donors (Lipinski definition) is 4. The molecule has 164 valence electrons. The predicted octanol–water partition coefficient (Wildman–Crippen LogP) is 2.10. The number of aromatic hydroxyl groups is 1. The minimum absolute atomic E-state index is 0.117. The monoisotopic (exact) mass is 432 g/mol. The maximum absolute atomic E-state index is 12.8. The number of aromatic nitrogens is 4. The molecule has 9 nitrogen and oxygen atoms in total. The summed E-state index contributed by atoms with van der Waals surface area (Å²) in [6.07, 6.45) is 5.64. The topological polar surface area (TPSA) is 125 Å². The Morgan fingerprint density at radius 3 is 2.88 bits per heavy atom. The van der Waals surface area contributed by atoms with E-state index in [-0.39, 0.29) is 36.1 Å². The number of fused-ring (bicyclic) bond motifs is 1. The molecule has 4 N–H and O–H groups in total. The van der Waals surface area contributed by atoms with Crippen LogP contribution in [0.15, 0.2) is 59.8 Å². The van der Waals surface area contributed by atoms with Crippen LogP contribution in [0.4, 0.5) is 5.82 Å². The van der Waals surface area contributed by atoms with Crippen molar-refractivity contribution in [1.29, 1.82) is 0 Å². The number of carbonyl (C=O) groups excluding carboxylic acids is 1. The fourth-order valence-corrected chi connectivity index (χ4v) is 3.41. The molecule has 0 radical (unpaired) electrons. The van der Waals surface area contributed by atoms with Crippen molar-refractivity contribution in [3.63, 3.8) is 0 Å². The molecule has 3 heterocycles. The summed E-state index contributed by atoms with van der Waals surface area (Å²) in [6.45, 7) is 2.30. The Bertz CT molecular complexity index is 1310. The van der Waals surface area contributed by atoms with Gasteiger partial charge in [-0.2, -0.15) is 0 Å². The molecule has 0 aliphatic carbocycles. The maximum atomic E-state index is 12.8. The smallest absolute Gasteiger partial charge is 0.293 e. The second-order valence-corrected chi connectivity index (χ2v) is 7.46. The van der Waals surface area contributed by atoms with Crippen LogP contribution in [-0.4, -0.2) is 37.1 Å². The molecule has 1 aromatic carbocycles. The molecule has 0 saturated heterocycles. The highest BCUT2D eigenvalue weighted by Crippen LogP contribution is 2.16. The Morgan fingerprint density at radius 1 is 1.19 bits per heavy atom. The quantitative estimate of drug-likeness (QED) is 0.338. The van der Waals surface area contributed by atoms with E-state index in [1.807, 2.05) is 30.5 Å². The second kappa shape index (κ2) is 9.34. The lowest BCUT2D eigenvalue weighted by atomic mass is 10.1. The van der Waals surface area contributed by atoms with Crippen LogP contribution in [0.1, 0.15) is 17.0 Å². The molecule has 0 fully saturated rings. The van der Waals surface area contributed by atoms with Crippen LogP contribution >= 0.6 is 0 Å². The third-order valence-corrected chi connectivity index (χ3v) is 5.20. The molecule has 32 heavy (non-hydrogen) atoms. The first kappa shape index (κ1) is 21.1. The summed E-state index contributed by atoms with van der Waals surface area (Å²) in [5.74, 6) is 0.0845. The molecule has 0 saturated carbocycles. The highest BCUT2D eigenvalue weighted by Gasteiger charge is 2.12. The number of aromatic amines is 1. The number of para-hydroxylation sites is 1. The largest absolute Gasteiger partial charge is 0.508 e. The van der Waals surface area contributed by atoms with Crippen LogP contribution < -0.4 is 16.2 Å². The molecule has 0 unspecified atom stereocenters. The van der Waals surface area contributed by atoms with E-state index in [1.165, 1.54) is 4.57 Å². The van der Waals surface area contributed by atoms with Crippen molar-refractivity contribution in [2.24, 2.45) is 0 Å². The number of benzene rings is 1. The van der Waals surface area contributed by atoms with E-state index in [0.717, 1.165) is 22.2 Å². The number of anilines is 1. The van der Waals surface area contributed by atoms with Gasteiger partial charge in [-0.3, -0.25) is 19.1 Å². The summed E-state index contributed by atoms with van der Waals surface area (Å²) >= 11 is 0. The minimum atomic E-state index is -0.371. The Hall–Kier alpha value is -4.14. The summed E-state index contributed by atoms with van der Waals surface area (Å²) in [4.78, 5) is 36.9.